The SMILES string of the molecule is CCCCCCCCCCCCCCCCCCCCCCCCC(=O)O[C@H](COC(=O)CCCCCCCCCCCCCC)COP(=O)(O)OC[C@@H](O)COP(=O)(O)OC[C@@H](COC(=O)CCCCCCCCCCC)OC(=O)CCCCCCCCCCC(C)C. The number of hydrogen-bond acceptors (Lipinski definition) is 15. The van der Waals surface area contributed by atoms with Crippen LogP contribution < -0.4 is 0 Å². The molecule has 0 spiro atoms. The number of rotatable bonds is 75. The molecule has 0 aliphatic heterocycles. The molecule has 0 amide bonds. The van der Waals surface area contributed by atoms with E-state index in [4.69, 9.17) is 37.0 Å². The number of esters is 4. The lowest BCUT2D eigenvalue weighted by Gasteiger charge is -2.21. The van der Waals surface area contributed by atoms with Crippen molar-refractivity contribution in [2.24, 2.45) is 5.92 Å². The van der Waals surface area contributed by atoms with Gasteiger partial charge in [0.1, 0.15) is 19.3 Å². The van der Waals surface area contributed by atoms with Gasteiger partial charge in [-0.15, -0.1) is 0 Å². The maximum absolute atomic E-state index is 13.1. The monoisotopic (exact) mass is 1380 g/mol. The molecule has 94 heavy (non-hydrogen) atoms. The Balaban J connectivity index is 5.15. The van der Waals surface area contributed by atoms with Crippen LogP contribution in [-0.2, 0) is 65.4 Å². The van der Waals surface area contributed by atoms with Crippen LogP contribution in [0.4, 0.5) is 0 Å². The molecule has 0 saturated carbocycles. The number of hydrogen-bond donors (Lipinski definition) is 3. The van der Waals surface area contributed by atoms with E-state index in [0.717, 1.165) is 95.8 Å². The summed E-state index contributed by atoms with van der Waals surface area (Å²) in [4.78, 5) is 72.6. The molecule has 0 rings (SSSR count). The Kier molecular flexibility index (Phi) is 66.8. The molecular formula is C75H146O17P2. The van der Waals surface area contributed by atoms with Crippen LogP contribution in [-0.4, -0.2) is 96.7 Å². The minimum Gasteiger partial charge on any atom is -0.462 e. The Morgan fingerprint density at radius 2 is 0.489 bits per heavy atom. The van der Waals surface area contributed by atoms with E-state index in [1.807, 2.05) is 0 Å². The first-order valence-corrected chi connectivity index (χ1v) is 42.1. The third-order valence-electron chi connectivity index (χ3n) is 17.5. The summed E-state index contributed by atoms with van der Waals surface area (Å²) >= 11 is 0. The van der Waals surface area contributed by atoms with Crippen molar-refractivity contribution >= 4 is 39.5 Å². The molecule has 0 bridgehead atoms. The molecule has 0 aliphatic carbocycles. The van der Waals surface area contributed by atoms with Crippen molar-refractivity contribution in [2.45, 2.75) is 412 Å². The number of carbonyl (C=O) groups is 4. The highest BCUT2D eigenvalue weighted by molar-refractivity contribution is 7.47. The molecule has 0 heterocycles. The van der Waals surface area contributed by atoms with E-state index in [9.17, 15) is 43.2 Å². The van der Waals surface area contributed by atoms with Gasteiger partial charge in [-0.1, -0.05) is 343 Å². The summed E-state index contributed by atoms with van der Waals surface area (Å²) < 4.78 is 68.4. The van der Waals surface area contributed by atoms with Crippen molar-refractivity contribution in [1.29, 1.82) is 0 Å². The van der Waals surface area contributed by atoms with Gasteiger partial charge in [0.15, 0.2) is 12.2 Å². The Morgan fingerprint density at radius 1 is 0.287 bits per heavy atom. The van der Waals surface area contributed by atoms with Gasteiger partial charge in [-0.3, -0.25) is 37.3 Å². The molecule has 19 heteroatoms. The second-order valence-electron chi connectivity index (χ2n) is 27.5. The molecule has 0 saturated heterocycles. The third kappa shape index (κ3) is 68.6. The Hall–Kier alpha value is -1.94. The smallest absolute Gasteiger partial charge is 0.462 e. The van der Waals surface area contributed by atoms with Crippen LogP contribution in [0.5, 0.6) is 0 Å². The van der Waals surface area contributed by atoms with E-state index in [1.165, 1.54) is 218 Å². The van der Waals surface area contributed by atoms with E-state index < -0.39 is 97.5 Å². The van der Waals surface area contributed by atoms with Crippen LogP contribution in [0.2, 0.25) is 0 Å². The molecule has 0 fully saturated rings. The van der Waals surface area contributed by atoms with E-state index in [0.29, 0.717) is 25.7 Å². The second kappa shape index (κ2) is 68.2. The minimum atomic E-state index is -4.95. The highest BCUT2D eigenvalue weighted by Gasteiger charge is 2.30. The molecular weight excluding hydrogens is 1230 g/mol. The summed E-state index contributed by atoms with van der Waals surface area (Å²) in [5.74, 6) is -1.40. The fourth-order valence-corrected chi connectivity index (χ4v) is 13.1. The summed E-state index contributed by atoms with van der Waals surface area (Å²) in [5.41, 5.74) is 0. The lowest BCUT2D eigenvalue weighted by Crippen LogP contribution is -2.30. The average molecular weight is 1380 g/mol. The summed E-state index contributed by atoms with van der Waals surface area (Å²) in [5, 5.41) is 10.6. The molecule has 0 aliphatic rings. The van der Waals surface area contributed by atoms with Gasteiger partial charge in [-0.05, 0) is 31.6 Å². The molecule has 0 aromatic carbocycles. The van der Waals surface area contributed by atoms with Crippen molar-refractivity contribution in [3.8, 4) is 0 Å². The van der Waals surface area contributed by atoms with Crippen molar-refractivity contribution in [1.82, 2.24) is 0 Å². The summed E-state index contributed by atoms with van der Waals surface area (Å²) in [7, 11) is -9.90. The van der Waals surface area contributed by atoms with E-state index in [-0.39, 0.29) is 25.7 Å². The molecule has 0 radical (unpaired) electrons. The van der Waals surface area contributed by atoms with E-state index >= 15 is 0 Å². The first kappa shape index (κ1) is 92.1. The van der Waals surface area contributed by atoms with Crippen LogP contribution in [0.3, 0.4) is 0 Å². The van der Waals surface area contributed by atoms with Crippen LogP contribution in [0.1, 0.15) is 394 Å². The third-order valence-corrected chi connectivity index (χ3v) is 19.4. The summed E-state index contributed by atoms with van der Waals surface area (Å²) in [6.07, 6.45) is 57.1. The standard InChI is InChI=1S/C75H146O17P2/c1-6-9-12-15-18-21-23-25-26-27-28-29-30-31-32-33-34-36-39-45-50-55-60-74(79)91-70(65-86-73(78)59-54-49-44-38-35-24-22-19-16-13-10-7-2)66-89-93(81,82)87-62-69(76)63-88-94(83,84)90-67-71(64-85-72(77)58-53-48-43-37-20-17-14-11-8-3)92-75(80)61-56-51-46-41-40-42-47-52-57-68(4)5/h68-71,76H,6-67H2,1-5H3,(H,81,82)(H,83,84)/t69-,70-,71-/m1/s1. The predicted molar refractivity (Wildman–Crippen MR) is 382 cm³/mol. The predicted octanol–water partition coefficient (Wildman–Crippen LogP) is 22.1. The number of phosphoric acid groups is 2. The van der Waals surface area contributed by atoms with Gasteiger partial charge in [-0.25, -0.2) is 9.13 Å². The normalized spacial score (nSPS) is 14.0. The van der Waals surface area contributed by atoms with Gasteiger partial charge in [0.05, 0.1) is 26.4 Å². The minimum absolute atomic E-state index is 0.105. The van der Waals surface area contributed by atoms with Crippen molar-refractivity contribution in [3.63, 3.8) is 0 Å². The highest BCUT2D eigenvalue weighted by Crippen LogP contribution is 2.45. The fourth-order valence-electron chi connectivity index (χ4n) is 11.5. The lowest BCUT2D eigenvalue weighted by atomic mass is 10.0. The number of carbonyl (C=O) groups excluding carboxylic acids is 4. The Morgan fingerprint density at radius 3 is 0.723 bits per heavy atom. The van der Waals surface area contributed by atoms with Crippen molar-refractivity contribution < 1.29 is 80.2 Å². The lowest BCUT2D eigenvalue weighted by molar-refractivity contribution is -0.161. The van der Waals surface area contributed by atoms with Gasteiger partial charge in [0.2, 0.25) is 0 Å². The van der Waals surface area contributed by atoms with Crippen LogP contribution in [0.15, 0.2) is 0 Å². The van der Waals surface area contributed by atoms with Crippen LogP contribution in [0.25, 0.3) is 0 Å². The Labute approximate surface area is 575 Å². The van der Waals surface area contributed by atoms with E-state index in [2.05, 4.69) is 34.6 Å². The zero-order chi connectivity index (χ0) is 69.1. The topological polar surface area (TPSA) is 237 Å². The number of aliphatic hydroxyl groups excluding tert-OH is 1. The molecule has 0 aromatic heterocycles. The van der Waals surface area contributed by atoms with Crippen molar-refractivity contribution in [3.05, 3.63) is 0 Å². The first-order chi connectivity index (χ1) is 45.5. The molecule has 0 aromatic rings. The average Bonchev–Trinajstić information content (AvgIpc) is 1.42. The largest absolute Gasteiger partial charge is 0.472 e. The molecule has 17 nitrogen and oxygen atoms in total. The fraction of sp³-hybridized carbons (Fsp3) is 0.947. The highest BCUT2D eigenvalue weighted by atomic mass is 31.2. The van der Waals surface area contributed by atoms with Gasteiger partial charge in [0, 0.05) is 25.7 Å². The number of unbranched alkanes of at least 4 members (excludes halogenated alkanes) is 47. The van der Waals surface area contributed by atoms with Crippen molar-refractivity contribution in [2.75, 3.05) is 39.6 Å². The van der Waals surface area contributed by atoms with Gasteiger partial charge in [-0.2, -0.15) is 0 Å². The van der Waals surface area contributed by atoms with Crippen LogP contribution in [0, 0.1) is 5.92 Å². The molecule has 5 atom stereocenters. The Bertz CT molecular complexity index is 1810. The van der Waals surface area contributed by atoms with Gasteiger partial charge >= 0.3 is 39.5 Å². The number of aliphatic hydroxyl groups is 1. The molecule has 3 N–H and O–H groups in total. The second-order valence-corrected chi connectivity index (χ2v) is 30.4. The molecule has 558 valence electrons. The van der Waals surface area contributed by atoms with Crippen LogP contribution >= 0.6 is 15.6 Å². The van der Waals surface area contributed by atoms with Gasteiger partial charge < -0.3 is 33.8 Å². The zero-order valence-electron chi connectivity index (χ0n) is 61.1. The zero-order valence-corrected chi connectivity index (χ0v) is 62.9. The number of ether oxygens (including phenoxy) is 4. The quantitative estimate of drug-likeness (QED) is 0.0222. The van der Waals surface area contributed by atoms with Gasteiger partial charge in [0.25, 0.3) is 0 Å². The number of phosphoric ester groups is 2. The summed E-state index contributed by atoms with van der Waals surface area (Å²) in [6, 6.07) is 0. The summed E-state index contributed by atoms with van der Waals surface area (Å²) in [6.45, 7) is 7.22. The van der Waals surface area contributed by atoms with E-state index in [1.54, 1.807) is 0 Å². The maximum atomic E-state index is 13.1. The molecule has 2 unspecified atom stereocenters. The maximum Gasteiger partial charge on any atom is 0.472 e. The first-order valence-electron chi connectivity index (χ1n) is 39.1.